The van der Waals surface area contributed by atoms with E-state index in [4.69, 9.17) is 16.9 Å². The lowest BCUT2D eigenvalue weighted by atomic mass is 10.1. The van der Waals surface area contributed by atoms with Crippen LogP contribution in [-0.2, 0) is 6.42 Å². The van der Waals surface area contributed by atoms with E-state index in [9.17, 15) is 0 Å². The molecule has 0 N–H and O–H groups in total. The number of rotatable bonds is 3. The zero-order valence-electron chi connectivity index (χ0n) is 10.0. The van der Waals surface area contributed by atoms with Gasteiger partial charge in [-0.3, -0.25) is 0 Å². The van der Waals surface area contributed by atoms with Gasteiger partial charge in [0, 0.05) is 11.3 Å². The standard InChI is InChI=1S/C14H12ClN3/c1-2-4-12-8-13(15)18-14(17-12)11-6-3-5-10(7-11)9-16/h3,5-8H,2,4H2,1H3. The molecule has 18 heavy (non-hydrogen) atoms. The summed E-state index contributed by atoms with van der Waals surface area (Å²) in [5.74, 6) is 0.572. The molecule has 4 heteroatoms. The molecule has 1 aromatic heterocycles. The first-order chi connectivity index (χ1) is 8.72. The summed E-state index contributed by atoms with van der Waals surface area (Å²) in [6.07, 6.45) is 1.87. The molecular weight excluding hydrogens is 246 g/mol. The highest BCUT2D eigenvalue weighted by Gasteiger charge is 2.06. The van der Waals surface area contributed by atoms with E-state index in [1.165, 1.54) is 0 Å². The summed E-state index contributed by atoms with van der Waals surface area (Å²) < 4.78 is 0. The van der Waals surface area contributed by atoms with Crippen molar-refractivity contribution in [1.29, 1.82) is 5.26 Å². The van der Waals surface area contributed by atoms with Crippen LogP contribution >= 0.6 is 11.6 Å². The maximum atomic E-state index is 8.89. The first-order valence-corrected chi connectivity index (χ1v) is 6.14. The van der Waals surface area contributed by atoms with Crippen LogP contribution in [0.2, 0.25) is 5.15 Å². The Morgan fingerprint density at radius 1 is 1.28 bits per heavy atom. The number of aromatic nitrogens is 2. The molecule has 0 spiro atoms. The maximum Gasteiger partial charge on any atom is 0.161 e. The summed E-state index contributed by atoms with van der Waals surface area (Å²) >= 11 is 5.99. The lowest BCUT2D eigenvalue weighted by molar-refractivity contribution is 0.875. The van der Waals surface area contributed by atoms with Crippen LogP contribution in [0.3, 0.4) is 0 Å². The number of nitriles is 1. The second-order valence-electron chi connectivity index (χ2n) is 3.95. The molecule has 90 valence electrons. The van der Waals surface area contributed by atoms with Crippen LogP contribution in [0.25, 0.3) is 11.4 Å². The lowest BCUT2D eigenvalue weighted by Gasteiger charge is -2.04. The molecule has 0 radical (unpaired) electrons. The third kappa shape index (κ3) is 2.85. The van der Waals surface area contributed by atoms with E-state index in [2.05, 4.69) is 23.0 Å². The van der Waals surface area contributed by atoms with E-state index >= 15 is 0 Å². The van der Waals surface area contributed by atoms with Gasteiger partial charge in [-0.1, -0.05) is 37.1 Å². The lowest BCUT2D eigenvalue weighted by Crippen LogP contribution is -1.96. The second kappa shape index (κ2) is 5.61. The van der Waals surface area contributed by atoms with Gasteiger partial charge < -0.3 is 0 Å². The van der Waals surface area contributed by atoms with Crippen LogP contribution in [0.1, 0.15) is 24.6 Å². The van der Waals surface area contributed by atoms with Crippen LogP contribution in [0.5, 0.6) is 0 Å². The van der Waals surface area contributed by atoms with Crippen molar-refractivity contribution in [2.75, 3.05) is 0 Å². The number of nitrogens with zero attached hydrogens (tertiary/aromatic N) is 3. The van der Waals surface area contributed by atoms with Gasteiger partial charge in [0.15, 0.2) is 5.82 Å². The zero-order chi connectivity index (χ0) is 13.0. The monoisotopic (exact) mass is 257 g/mol. The van der Waals surface area contributed by atoms with Crippen LogP contribution < -0.4 is 0 Å². The molecule has 2 rings (SSSR count). The molecule has 2 aromatic rings. The summed E-state index contributed by atoms with van der Waals surface area (Å²) in [5.41, 5.74) is 2.33. The number of hydrogen-bond acceptors (Lipinski definition) is 3. The fourth-order valence-corrected chi connectivity index (χ4v) is 1.91. The molecule has 3 nitrogen and oxygen atoms in total. The van der Waals surface area contributed by atoms with Crippen molar-refractivity contribution in [2.24, 2.45) is 0 Å². The Hall–Kier alpha value is -1.92. The summed E-state index contributed by atoms with van der Waals surface area (Å²) in [7, 11) is 0. The van der Waals surface area contributed by atoms with Crippen LogP contribution in [-0.4, -0.2) is 9.97 Å². The molecule has 0 saturated carbocycles. The van der Waals surface area contributed by atoms with Gasteiger partial charge in [0.25, 0.3) is 0 Å². The van der Waals surface area contributed by atoms with Gasteiger partial charge in [-0.15, -0.1) is 0 Å². The van der Waals surface area contributed by atoms with Crippen LogP contribution in [0.4, 0.5) is 0 Å². The van der Waals surface area contributed by atoms with Crippen molar-refractivity contribution in [3.8, 4) is 17.5 Å². The van der Waals surface area contributed by atoms with E-state index < -0.39 is 0 Å². The Balaban J connectivity index is 2.46. The third-order valence-corrected chi connectivity index (χ3v) is 2.70. The van der Waals surface area contributed by atoms with Crippen molar-refractivity contribution in [3.05, 3.63) is 46.7 Å². The molecule has 0 aliphatic carbocycles. The first-order valence-electron chi connectivity index (χ1n) is 5.77. The minimum atomic E-state index is 0.436. The number of aryl methyl sites for hydroxylation is 1. The smallest absolute Gasteiger partial charge is 0.161 e. The van der Waals surface area contributed by atoms with E-state index in [0.29, 0.717) is 16.5 Å². The fraction of sp³-hybridized carbons (Fsp3) is 0.214. The van der Waals surface area contributed by atoms with Crippen LogP contribution in [0.15, 0.2) is 30.3 Å². The van der Waals surface area contributed by atoms with E-state index in [1.807, 2.05) is 12.1 Å². The molecule has 0 unspecified atom stereocenters. The average Bonchev–Trinajstić information content (AvgIpc) is 2.38. The molecule has 1 heterocycles. The molecule has 1 aromatic carbocycles. The number of hydrogen-bond donors (Lipinski definition) is 0. The maximum absolute atomic E-state index is 8.89. The molecule has 0 aliphatic heterocycles. The zero-order valence-corrected chi connectivity index (χ0v) is 10.8. The summed E-state index contributed by atoms with van der Waals surface area (Å²) in [6.45, 7) is 2.09. The normalized spacial score (nSPS) is 10.1. The highest BCUT2D eigenvalue weighted by atomic mass is 35.5. The van der Waals surface area contributed by atoms with Gasteiger partial charge in [-0.05, 0) is 24.6 Å². The van der Waals surface area contributed by atoms with E-state index in [1.54, 1.807) is 18.2 Å². The van der Waals surface area contributed by atoms with Crippen molar-refractivity contribution in [3.63, 3.8) is 0 Å². The van der Waals surface area contributed by atoms with E-state index in [-0.39, 0.29) is 0 Å². The number of halogens is 1. The van der Waals surface area contributed by atoms with Gasteiger partial charge in [0.05, 0.1) is 11.6 Å². The Morgan fingerprint density at radius 3 is 2.83 bits per heavy atom. The van der Waals surface area contributed by atoms with Gasteiger partial charge in [-0.25, -0.2) is 9.97 Å². The Morgan fingerprint density at radius 2 is 2.11 bits per heavy atom. The van der Waals surface area contributed by atoms with E-state index in [0.717, 1.165) is 24.1 Å². The van der Waals surface area contributed by atoms with Gasteiger partial charge in [-0.2, -0.15) is 5.26 Å². The molecule has 0 fully saturated rings. The molecule has 0 saturated heterocycles. The Labute approximate surface area is 111 Å². The summed E-state index contributed by atoms with van der Waals surface area (Å²) in [4.78, 5) is 8.67. The second-order valence-corrected chi connectivity index (χ2v) is 4.34. The van der Waals surface area contributed by atoms with Crippen molar-refractivity contribution in [2.45, 2.75) is 19.8 Å². The SMILES string of the molecule is CCCc1cc(Cl)nc(-c2cccc(C#N)c2)n1. The van der Waals surface area contributed by atoms with Gasteiger partial charge >= 0.3 is 0 Å². The molecule has 0 aliphatic rings. The summed E-state index contributed by atoms with van der Waals surface area (Å²) in [6, 6.07) is 11.1. The predicted octanol–water partition coefficient (Wildman–Crippen LogP) is 3.62. The quantitative estimate of drug-likeness (QED) is 0.789. The molecule has 0 amide bonds. The van der Waals surface area contributed by atoms with Crippen molar-refractivity contribution >= 4 is 11.6 Å². The summed E-state index contributed by atoms with van der Waals surface area (Å²) in [5, 5.41) is 9.32. The topological polar surface area (TPSA) is 49.6 Å². The average molecular weight is 258 g/mol. The largest absolute Gasteiger partial charge is 0.233 e. The Kier molecular flexibility index (Phi) is 3.91. The third-order valence-electron chi connectivity index (χ3n) is 2.50. The fourth-order valence-electron chi connectivity index (χ4n) is 1.71. The highest BCUT2D eigenvalue weighted by molar-refractivity contribution is 6.29. The highest BCUT2D eigenvalue weighted by Crippen LogP contribution is 2.19. The number of benzene rings is 1. The van der Waals surface area contributed by atoms with Crippen molar-refractivity contribution in [1.82, 2.24) is 9.97 Å². The van der Waals surface area contributed by atoms with Gasteiger partial charge in [0.2, 0.25) is 0 Å². The Bertz CT molecular complexity index is 602. The van der Waals surface area contributed by atoms with Gasteiger partial charge in [0.1, 0.15) is 5.15 Å². The minimum absolute atomic E-state index is 0.436. The molecule has 0 bridgehead atoms. The first kappa shape index (κ1) is 12.5. The van der Waals surface area contributed by atoms with Crippen LogP contribution in [0, 0.1) is 11.3 Å². The van der Waals surface area contributed by atoms with Crippen molar-refractivity contribution < 1.29 is 0 Å². The molecular formula is C14H12ClN3. The molecule has 0 atom stereocenters. The predicted molar refractivity (Wildman–Crippen MR) is 71.2 cm³/mol. The minimum Gasteiger partial charge on any atom is -0.233 e.